The molecule has 0 saturated carbocycles. The van der Waals surface area contributed by atoms with Crippen molar-refractivity contribution in [3.63, 3.8) is 0 Å². The van der Waals surface area contributed by atoms with Crippen LogP contribution in [0.2, 0.25) is 0 Å². The zero-order chi connectivity index (χ0) is 25.1. The van der Waals surface area contributed by atoms with Crippen molar-refractivity contribution < 1.29 is 35.1 Å². The quantitative estimate of drug-likeness (QED) is 0.156. The normalized spacial score (nSPS) is 11.8. The molecule has 1 atom stereocenters. The Bertz CT molecular complexity index is 872. The molecule has 33 heavy (non-hydrogen) atoms. The third-order valence-corrected chi connectivity index (χ3v) is 5.21. The molecule has 0 bridgehead atoms. The Kier molecular flexibility index (Phi) is 12.4. The molecule has 0 heterocycles. The van der Waals surface area contributed by atoms with Gasteiger partial charge in [0.1, 0.15) is 0 Å². The molecule has 0 fully saturated rings. The second-order valence-corrected chi connectivity index (χ2v) is 7.62. The van der Waals surface area contributed by atoms with Gasteiger partial charge in [-0.1, -0.05) is 46.5 Å². The number of benzene rings is 2. The molecular weight excluding hydrogens is 454 g/mol. The summed E-state index contributed by atoms with van der Waals surface area (Å²) in [5, 5.41) is 3.48. The summed E-state index contributed by atoms with van der Waals surface area (Å²) in [7, 11) is 0. The summed E-state index contributed by atoms with van der Waals surface area (Å²) in [5.41, 5.74) is -2.95. The minimum Gasteiger partial charge on any atom is -0.317 e. The molecule has 0 radical (unpaired) electrons. The highest BCUT2D eigenvalue weighted by molar-refractivity contribution is 5.66. The van der Waals surface area contributed by atoms with Crippen LogP contribution in [0.3, 0.4) is 0 Å². The highest BCUT2D eigenvalue weighted by Crippen LogP contribution is 2.34. The van der Waals surface area contributed by atoms with E-state index in [-0.39, 0.29) is 0 Å². The first-order valence-electron chi connectivity index (χ1n) is 11.0. The lowest BCUT2D eigenvalue weighted by molar-refractivity contribution is 0.380. The first kappa shape index (κ1) is 28.9. The van der Waals surface area contributed by atoms with Crippen LogP contribution in [0.15, 0.2) is 12.1 Å². The van der Waals surface area contributed by atoms with E-state index >= 15 is 0 Å². The van der Waals surface area contributed by atoms with E-state index in [1.807, 2.05) is 0 Å². The van der Waals surface area contributed by atoms with Crippen molar-refractivity contribution in [1.82, 2.24) is 5.32 Å². The third-order valence-electron chi connectivity index (χ3n) is 5.21. The summed E-state index contributed by atoms with van der Waals surface area (Å²) >= 11 is 0. The summed E-state index contributed by atoms with van der Waals surface area (Å²) in [4.78, 5) is 0. The van der Waals surface area contributed by atoms with E-state index < -0.39 is 57.7 Å². The van der Waals surface area contributed by atoms with E-state index in [0.29, 0.717) is 12.1 Å². The highest BCUT2D eigenvalue weighted by Gasteiger charge is 2.29. The van der Waals surface area contributed by atoms with E-state index in [2.05, 4.69) is 26.1 Å². The van der Waals surface area contributed by atoms with Gasteiger partial charge in [0.25, 0.3) is 0 Å². The monoisotopic (exact) mass is 483 g/mol. The van der Waals surface area contributed by atoms with Gasteiger partial charge in [0.15, 0.2) is 40.7 Å². The summed E-state index contributed by atoms with van der Waals surface area (Å²) in [6.07, 6.45) is 8.17. The Labute approximate surface area is 189 Å². The number of unbranched alkanes of at least 4 members (excludes halogenated alkanes) is 1. The van der Waals surface area contributed by atoms with Crippen molar-refractivity contribution in [2.75, 3.05) is 13.1 Å². The fraction of sp³-hybridized carbons (Fsp3) is 0.500. The molecule has 0 saturated heterocycles. The van der Waals surface area contributed by atoms with Crippen LogP contribution in [0.1, 0.15) is 59.3 Å². The molecule has 2 aromatic carbocycles. The third kappa shape index (κ3) is 7.69. The van der Waals surface area contributed by atoms with Gasteiger partial charge in [-0.15, -0.1) is 0 Å². The topological polar surface area (TPSA) is 12.0 Å². The second-order valence-electron chi connectivity index (χ2n) is 7.62. The van der Waals surface area contributed by atoms with Gasteiger partial charge in [0.2, 0.25) is 5.82 Å². The molecule has 1 unspecified atom stereocenters. The Morgan fingerprint density at radius 3 is 1.73 bits per heavy atom. The molecule has 0 aliphatic carbocycles. The molecule has 0 aromatic heterocycles. The van der Waals surface area contributed by atoms with Crippen LogP contribution in [0.5, 0.6) is 0 Å². The van der Waals surface area contributed by atoms with Crippen molar-refractivity contribution in [3.05, 3.63) is 58.7 Å². The fourth-order valence-electron chi connectivity index (χ4n) is 3.21. The summed E-state index contributed by atoms with van der Waals surface area (Å²) in [6.45, 7) is 9.23. The van der Waals surface area contributed by atoms with Crippen LogP contribution >= 0.6 is 0 Å². The van der Waals surface area contributed by atoms with Crippen molar-refractivity contribution in [2.45, 2.75) is 59.3 Å². The first-order valence-corrected chi connectivity index (χ1v) is 11.0. The molecule has 9 heteroatoms. The molecule has 0 aliphatic heterocycles. The lowest BCUT2D eigenvalue weighted by atomic mass is 9.96. The van der Waals surface area contributed by atoms with Gasteiger partial charge in [0.05, 0.1) is 5.56 Å². The predicted octanol–water partition coefficient (Wildman–Crippen LogP) is 8.06. The molecule has 2 aromatic rings. The first-order chi connectivity index (χ1) is 15.6. The van der Waals surface area contributed by atoms with Gasteiger partial charge >= 0.3 is 0 Å². The van der Waals surface area contributed by atoms with Crippen molar-refractivity contribution in [2.24, 2.45) is 5.92 Å². The average Bonchev–Trinajstić information content (AvgIpc) is 2.81. The van der Waals surface area contributed by atoms with Crippen molar-refractivity contribution in [3.8, 4) is 11.1 Å². The average molecular weight is 483 g/mol. The lowest BCUT2D eigenvalue weighted by Gasteiger charge is -2.14. The van der Waals surface area contributed by atoms with Crippen LogP contribution in [0, 0.1) is 52.5 Å². The zero-order valence-electron chi connectivity index (χ0n) is 18.9. The second kappa shape index (κ2) is 14.2. The SMILES string of the molecule is CCCCC(CC)CCNCCC.Fc1ccc(-c2c(F)c(F)c(F)c(F)c2F)c(F)c1F. The molecule has 186 valence electrons. The molecule has 1 N–H and O–H groups in total. The maximum atomic E-state index is 13.4. The van der Waals surface area contributed by atoms with E-state index in [0.717, 1.165) is 5.92 Å². The molecule has 0 spiro atoms. The van der Waals surface area contributed by atoms with Crippen LogP contribution in [0.25, 0.3) is 11.1 Å². The number of nitrogens with one attached hydrogen (secondary N) is 1. The van der Waals surface area contributed by atoms with Gasteiger partial charge in [-0.25, -0.2) is 35.1 Å². The van der Waals surface area contributed by atoms with E-state index in [4.69, 9.17) is 0 Å². The fourth-order valence-corrected chi connectivity index (χ4v) is 3.21. The summed E-state index contributed by atoms with van der Waals surface area (Å²) < 4.78 is 105. The highest BCUT2D eigenvalue weighted by atomic mass is 19.2. The van der Waals surface area contributed by atoms with Crippen molar-refractivity contribution >= 4 is 0 Å². The van der Waals surface area contributed by atoms with Gasteiger partial charge in [-0.2, -0.15) is 0 Å². The molecule has 0 aliphatic rings. The predicted molar refractivity (Wildman–Crippen MR) is 113 cm³/mol. The van der Waals surface area contributed by atoms with Gasteiger partial charge in [0, 0.05) is 5.56 Å². The Hall–Kier alpha value is -2.16. The van der Waals surface area contributed by atoms with Crippen LogP contribution in [-0.2, 0) is 0 Å². The molecular formula is C24H29F8N. The number of halogens is 8. The van der Waals surface area contributed by atoms with Gasteiger partial charge in [-0.05, 0) is 44.0 Å². The van der Waals surface area contributed by atoms with Crippen LogP contribution in [0.4, 0.5) is 35.1 Å². The molecule has 2 rings (SSSR count). The van der Waals surface area contributed by atoms with E-state index in [1.54, 1.807) is 0 Å². The minimum absolute atomic E-state index is 0.297. The van der Waals surface area contributed by atoms with Crippen LogP contribution < -0.4 is 5.32 Å². The van der Waals surface area contributed by atoms with Gasteiger partial charge < -0.3 is 5.32 Å². The Morgan fingerprint density at radius 1 is 0.636 bits per heavy atom. The molecule has 1 nitrogen and oxygen atoms in total. The maximum Gasteiger partial charge on any atom is 0.200 e. The van der Waals surface area contributed by atoms with Crippen molar-refractivity contribution in [1.29, 1.82) is 0 Å². The largest absolute Gasteiger partial charge is 0.317 e. The number of hydrogen-bond acceptors (Lipinski definition) is 1. The maximum absolute atomic E-state index is 13.4. The summed E-state index contributed by atoms with van der Waals surface area (Å²) in [5.74, 6) is -16.6. The Balaban J connectivity index is 0.000000366. The molecule has 0 amide bonds. The van der Waals surface area contributed by atoms with Gasteiger partial charge in [-0.3, -0.25) is 0 Å². The smallest absolute Gasteiger partial charge is 0.200 e. The number of rotatable bonds is 10. The Morgan fingerprint density at radius 2 is 1.21 bits per heavy atom. The zero-order valence-corrected chi connectivity index (χ0v) is 18.9. The number of hydrogen-bond donors (Lipinski definition) is 1. The van der Waals surface area contributed by atoms with Crippen LogP contribution in [-0.4, -0.2) is 13.1 Å². The summed E-state index contributed by atoms with van der Waals surface area (Å²) in [6, 6.07) is 0.665. The van der Waals surface area contributed by atoms with E-state index in [1.165, 1.54) is 51.6 Å². The standard InChI is InChI=1S/C12H2F8.C12H27N/c13-4-2-1-3(6(14)7(4)15)5-8(16)10(18)12(20)11(19)9(5)17;1-4-7-8-12(6-3)9-11-13-10-5-2/h1-2H;12-13H,4-11H2,1-3H3. The van der Waals surface area contributed by atoms with E-state index in [9.17, 15) is 35.1 Å². The minimum atomic E-state index is -2.44. The lowest BCUT2D eigenvalue weighted by Crippen LogP contribution is -2.18.